The summed E-state index contributed by atoms with van der Waals surface area (Å²) in [6, 6.07) is 11.3. The van der Waals surface area contributed by atoms with Gasteiger partial charge in [0.15, 0.2) is 5.16 Å². The van der Waals surface area contributed by atoms with E-state index >= 15 is 0 Å². The van der Waals surface area contributed by atoms with E-state index in [-0.39, 0.29) is 34.5 Å². The van der Waals surface area contributed by atoms with E-state index in [9.17, 15) is 19.7 Å². The molecule has 2 aromatic carbocycles. The molecule has 3 aromatic rings. The Kier molecular flexibility index (Phi) is 8.01. The van der Waals surface area contributed by atoms with Gasteiger partial charge in [-0.2, -0.15) is 0 Å². The minimum absolute atomic E-state index is 0.0211. The molecule has 1 heterocycles. The molecule has 0 unspecified atom stereocenters. The van der Waals surface area contributed by atoms with Crippen LogP contribution in [0.25, 0.3) is 0 Å². The van der Waals surface area contributed by atoms with Crippen molar-refractivity contribution in [3.05, 3.63) is 69.0 Å². The number of thioether (sulfide) groups is 1. The first-order chi connectivity index (χ1) is 15.8. The van der Waals surface area contributed by atoms with Crippen LogP contribution in [0.5, 0.6) is 0 Å². The van der Waals surface area contributed by atoms with Gasteiger partial charge in [-0.25, -0.2) is 0 Å². The summed E-state index contributed by atoms with van der Waals surface area (Å²) < 4.78 is 1.76. The van der Waals surface area contributed by atoms with Gasteiger partial charge in [-0.15, -0.1) is 10.2 Å². The zero-order valence-corrected chi connectivity index (χ0v) is 19.4. The average Bonchev–Trinajstić information content (AvgIpc) is 3.16. The number of carbonyl (C=O) groups is 2. The number of benzene rings is 2. The summed E-state index contributed by atoms with van der Waals surface area (Å²) >= 11 is 7.16. The van der Waals surface area contributed by atoms with Crippen molar-refractivity contribution in [2.45, 2.75) is 32.0 Å². The summed E-state index contributed by atoms with van der Waals surface area (Å²) in [5.74, 6) is -0.179. The molecule has 1 aromatic heterocycles. The molecule has 10 nitrogen and oxygen atoms in total. The molecule has 0 aliphatic heterocycles. The second-order valence-corrected chi connectivity index (χ2v) is 8.34. The average molecular weight is 489 g/mol. The van der Waals surface area contributed by atoms with E-state index in [2.05, 4.69) is 20.8 Å². The number of rotatable bonds is 9. The van der Waals surface area contributed by atoms with E-state index in [1.165, 1.54) is 18.2 Å². The standard InChI is InChI=1S/C21H21ClN6O4S/c1-3-27-18(11-19(29)23-14-6-4-13(2)5-7-14)25-26-21(27)33-12-20(30)24-17-10-15(28(31)32)8-9-16(17)22/h4-10H,3,11-12H2,1-2H3,(H,23,29)(H,24,30). The van der Waals surface area contributed by atoms with E-state index in [4.69, 9.17) is 11.6 Å². The van der Waals surface area contributed by atoms with Gasteiger partial charge in [0, 0.05) is 24.4 Å². The number of carbonyl (C=O) groups excluding carboxylic acids is 2. The van der Waals surface area contributed by atoms with Gasteiger partial charge in [0.05, 0.1) is 27.8 Å². The molecule has 0 bridgehead atoms. The summed E-state index contributed by atoms with van der Waals surface area (Å²) in [5.41, 5.74) is 1.76. The molecule has 0 fully saturated rings. The smallest absolute Gasteiger partial charge is 0.271 e. The quantitative estimate of drug-likeness (QED) is 0.263. The zero-order chi connectivity index (χ0) is 24.0. The molecule has 0 atom stereocenters. The highest BCUT2D eigenvalue weighted by molar-refractivity contribution is 7.99. The third kappa shape index (κ3) is 6.53. The molecule has 2 amide bonds. The molecule has 2 N–H and O–H groups in total. The Hall–Kier alpha value is -3.44. The van der Waals surface area contributed by atoms with E-state index in [1.807, 2.05) is 38.1 Å². The van der Waals surface area contributed by atoms with Gasteiger partial charge in [0.1, 0.15) is 5.82 Å². The normalized spacial score (nSPS) is 10.6. The molecular formula is C21H21ClN6O4S. The molecule has 0 aliphatic rings. The fourth-order valence-electron chi connectivity index (χ4n) is 2.90. The molecule has 0 spiro atoms. The van der Waals surface area contributed by atoms with Crippen molar-refractivity contribution in [3.63, 3.8) is 0 Å². The molecule has 33 heavy (non-hydrogen) atoms. The second kappa shape index (κ2) is 10.9. The maximum Gasteiger partial charge on any atom is 0.271 e. The Morgan fingerprint density at radius 2 is 1.85 bits per heavy atom. The van der Waals surface area contributed by atoms with Crippen LogP contribution in [-0.2, 0) is 22.6 Å². The van der Waals surface area contributed by atoms with Crippen LogP contribution in [-0.4, -0.2) is 37.3 Å². The van der Waals surface area contributed by atoms with Crippen molar-refractivity contribution in [3.8, 4) is 0 Å². The SMILES string of the molecule is CCn1c(CC(=O)Nc2ccc(C)cc2)nnc1SCC(=O)Nc1cc([N+](=O)[O-])ccc1Cl. The number of hydrogen-bond donors (Lipinski definition) is 2. The van der Waals surface area contributed by atoms with Crippen LogP contribution in [0.4, 0.5) is 17.1 Å². The van der Waals surface area contributed by atoms with Crippen molar-refractivity contribution < 1.29 is 14.5 Å². The molecular weight excluding hydrogens is 468 g/mol. The Labute approximate surface area is 198 Å². The van der Waals surface area contributed by atoms with Crippen LogP contribution in [0.2, 0.25) is 5.02 Å². The van der Waals surface area contributed by atoms with Crippen molar-refractivity contribution in [1.29, 1.82) is 0 Å². The van der Waals surface area contributed by atoms with Crippen molar-refractivity contribution >= 4 is 52.2 Å². The fourth-order valence-corrected chi connectivity index (χ4v) is 3.88. The van der Waals surface area contributed by atoms with Crippen molar-refractivity contribution in [2.24, 2.45) is 0 Å². The number of halogens is 1. The molecule has 172 valence electrons. The van der Waals surface area contributed by atoms with Crippen LogP contribution in [0.3, 0.4) is 0 Å². The number of nitro groups is 1. The molecule has 12 heteroatoms. The lowest BCUT2D eigenvalue weighted by Crippen LogP contribution is -2.18. The van der Waals surface area contributed by atoms with Gasteiger partial charge in [0.2, 0.25) is 11.8 Å². The van der Waals surface area contributed by atoms with Gasteiger partial charge >= 0.3 is 0 Å². The number of nitrogens with zero attached hydrogens (tertiary/aromatic N) is 4. The number of nitro benzene ring substituents is 1. The van der Waals surface area contributed by atoms with E-state index in [1.54, 1.807) is 4.57 Å². The minimum Gasteiger partial charge on any atom is -0.326 e. The highest BCUT2D eigenvalue weighted by atomic mass is 35.5. The zero-order valence-electron chi connectivity index (χ0n) is 17.9. The largest absolute Gasteiger partial charge is 0.326 e. The van der Waals surface area contributed by atoms with Crippen molar-refractivity contribution in [2.75, 3.05) is 16.4 Å². The Bertz CT molecular complexity index is 1180. The highest BCUT2D eigenvalue weighted by Crippen LogP contribution is 2.27. The summed E-state index contributed by atoms with van der Waals surface area (Å²) in [6.45, 7) is 4.37. The third-order valence-electron chi connectivity index (χ3n) is 4.53. The monoisotopic (exact) mass is 488 g/mol. The van der Waals surface area contributed by atoms with Crippen molar-refractivity contribution in [1.82, 2.24) is 14.8 Å². The lowest BCUT2D eigenvalue weighted by atomic mass is 10.2. The van der Waals surface area contributed by atoms with Gasteiger partial charge in [0.25, 0.3) is 5.69 Å². The number of anilines is 2. The Balaban J connectivity index is 1.60. The Morgan fingerprint density at radius 1 is 1.12 bits per heavy atom. The lowest BCUT2D eigenvalue weighted by Gasteiger charge is -2.09. The second-order valence-electron chi connectivity index (χ2n) is 6.99. The summed E-state index contributed by atoms with van der Waals surface area (Å²) in [4.78, 5) is 35.1. The topological polar surface area (TPSA) is 132 Å². The molecule has 0 saturated heterocycles. The molecule has 0 radical (unpaired) electrons. The summed E-state index contributed by atoms with van der Waals surface area (Å²) in [7, 11) is 0. The van der Waals surface area contributed by atoms with Gasteiger partial charge in [-0.3, -0.25) is 19.7 Å². The first kappa shape index (κ1) is 24.2. The maximum atomic E-state index is 12.4. The van der Waals surface area contributed by atoms with E-state index < -0.39 is 10.8 Å². The number of aromatic nitrogens is 3. The number of non-ortho nitro benzene ring substituents is 1. The number of aryl methyl sites for hydroxylation is 1. The van der Waals surface area contributed by atoms with E-state index in [0.717, 1.165) is 17.3 Å². The number of nitrogens with one attached hydrogen (secondary N) is 2. The molecule has 3 rings (SSSR count). The molecule has 0 aliphatic carbocycles. The number of amides is 2. The van der Waals surface area contributed by atoms with Crippen LogP contribution in [0, 0.1) is 17.0 Å². The predicted molar refractivity (Wildman–Crippen MR) is 127 cm³/mol. The summed E-state index contributed by atoms with van der Waals surface area (Å²) in [5, 5.41) is 25.2. The van der Waals surface area contributed by atoms with Gasteiger partial charge < -0.3 is 15.2 Å². The summed E-state index contributed by atoms with van der Waals surface area (Å²) in [6.07, 6.45) is 0.0325. The van der Waals surface area contributed by atoms with Crippen LogP contribution >= 0.6 is 23.4 Å². The Morgan fingerprint density at radius 3 is 2.52 bits per heavy atom. The third-order valence-corrected chi connectivity index (χ3v) is 5.83. The van der Waals surface area contributed by atoms with Crippen LogP contribution in [0.1, 0.15) is 18.3 Å². The van der Waals surface area contributed by atoms with Crippen LogP contribution < -0.4 is 10.6 Å². The highest BCUT2D eigenvalue weighted by Gasteiger charge is 2.17. The maximum absolute atomic E-state index is 12.4. The number of hydrogen-bond acceptors (Lipinski definition) is 7. The van der Waals surface area contributed by atoms with Gasteiger partial charge in [-0.05, 0) is 32.0 Å². The van der Waals surface area contributed by atoms with Crippen LogP contribution in [0.15, 0.2) is 47.6 Å². The van der Waals surface area contributed by atoms with Gasteiger partial charge in [-0.1, -0.05) is 41.1 Å². The van der Waals surface area contributed by atoms with E-state index in [0.29, 0.717) is 23.2 Å². The fraction of sp³-hybridized carbons (Fsp3) is 0.238. The first-order valence-electron chi connectivity index (χ1n) is 9.92. The lowest BCUT2D eigenvalue weighted by molar-refractivity contribution is -0.384. The first-order valence-corrected chi connectivity index (χ1v) is 11.3. The molecule has 0 saturated carbocycles. The minimum atomic E-state index is -0.568. The predicted octanol–water partition coefficient (Wildman–Crippen LogP) is 4.08.